The molecule has 14 nitrogen and oxygen atoms in total. The number of nitrogens with zero attached hydrogens (tertiary/aromatic N) is 1. The number of ketones is 3. The number of carbonyl (C=O) groups excluding carboxylic acids is 3. The van der Waals surface area contributed by atoms with Gasteiger partial charge in [0.05, 0.1) is 19.6 Å². The van der Waals surface area contributed by atoms with E-state index >= 15 is 0 Å². The van der Waals surface area contributed by atoms with E-state index in [1.165, 1.54) is 113 Å². The lowest BCUT2D eigenvalue weighted by Crippen LogP contribution is -2.61. The van der Waals surface area contributed by atoms with E-state index in [0.717, 1.165) is 57.8 Å². The molecule has 0 aliphatic heterocycles. The molecule has 0 bridgehead atoms. The second kappa shape index (κ2) is 39.9. The Morgan fingerprint density at radius 2 is 0.817 bits per heavy atom. The van der Waals surface area contributed by atoms with E-state index in [0.29, 0.717) is 0 Å². The van der Waals surface area contributed by atoms with Crippen molar-refractivity contribution in [1.82, 2.24) is 6.15 Å². The molecule has 0 saturated carbocycles. The van der Waals surface area contributed by atoms with Crippen molar-refractivity contribution in [1.29, 1.82) is 0 Å². The van der Waals surface area contributed by atoms with E-state index in [1.54, 1.807) is 0 Å². The summed E-state index contributed by atoms with van der Waals surface area (Å²) in [6, 6.07) is 10.8. The van der Waals surface area contributed by atoms with Gasteiger partial charge in [-0.3, -0.25) is 18.9 Å². The fraction of sp³-hybridized carbons (Fsp3) is 0.795. The Kier molecular flexibility index (Phi) is 43.0. The average Bonchev–Trinajstić information content (AvgIpc) is 3.17. The average molecular weight is 898 g/mol. The molecule has 1 rings (SSSR count). The molecule has 0 aliphatic rings. The maximum absolute atomic E-state index is 13.1. The maximum atomic E-state index is 13.1. The zero-order valence-corrected chi connectivity index (χ0v) is 40.1. The molecular formula is C44H88N3O11PS. The van der Waals surface area contributed by atoms with Gasteiger partial charge in [-0.2, -0.15) is 0 Å². The molecule has 60 heavy (non-hydrogen) atoms. The van der Waals surface area contributed by atoms with Gasteiger partial charge in [0.15, 0.2) is 22.9 Å². The van der Waals surface area contributed by atoms with Crippen LogP contribution in [0.3, 0.4) is 0 Å². The Morgan fingerprint density at radius 1 is 0.583 bits per heavy atom. The Labute approximate surface area is 365 Å². The quantitative estimate of drug-likeness (QED) is 0.00982. The molecule has 0 aliphatic carbocycles. The maximum Gasteiger partial charge on any atom is 0.466 e. The third-order valence-electron chi connectivity index (χ3n) is 10.7. The van der Waals surface area contributed by atoms with E-state index in [4.69, 9.17) is 42.5 Å². The SMILES string of the molecule is CCCCCCCCCC(=O)C(N)(C(=O)CCCCCCCCC)C(=O)CCCCCCCCC.CC[N+](CC)(CC)Cc1ccccc1.N.O=P(O)(O)O.O=S(=O)([O-])O. The molecule has 0 saturated heterocycles. The molecule has 0 aromatic heterocycles. The molecule has 0 unspecified atom stereocenters. The number of phosphoric acid groups is 1. The monoisotopic (exact) mass is 898 g/mol. The summed E-state index contributed by atoms with van der Waals surface area (Å²) in [5.41, 5.74) is 5.97. The minimum Gasteiger partial charge on any atom is -0.726 e. The minimum absolute atomic E-state index is 0. The molecule has 16 heteroatoms. The smallest absolute Gasteiger partial charge is 0.466 e. The molecule has 0 fully saturated rings. The number of carbonyl (C=O) groups is 3. The minimum atomic E-state index is -4.92. The number of quaternary nitrogens is 1. The molecule has 1 aromatic rings. The van der Waals surface area contributed by atoms with Crippen LogP contribution in [0.25, 0.3) is 0 Å². The van der Waals surface area contributed by atoms with Crippen molar-refractivity contribution < 1.29 is 55.6 Å². The van der Waals surface area contributed by atoms with Crippen LogP contribution in [-0.2, 0) is 35.9 Å². The summed E-state index contributed by atoms with van der Waals surface area (Å²) < 4.78 is 42.9. The van der Waals surface area contributed by atoms with E-state index in [9.17, 15) is 14.4 Å². The van der Waals surface area contributed by atoms with Crippen LogP contribution in [-0.4, -0.2) is 79.2 Å². The van der Waals surface area contributed by atoms with Gasteiger partial charge in [-0.25, -0.2) is 13.0 Å². The summed E-state index contributed by atoms with van der Waals surface area (Å²) in [4.78, 5) is 61.0. The van der Waals surface area contributed by atoms with Gasteiger partial charge < -0.3 is 35.6 Å². The number of benzene rings is 1. The lowest BCUT2D eigenvalue weighted by atomic mass is 9.79. The van der Waals surface area contributed by atoms with Crippen molar-refractivity contribution in [2.75, 3.05) is 19.6 Å². The van der Waals surface area contributed by atoms with Crippen molar-refractivity contribution in [2.24, 2.45) is 5.73 Å². The van der Waals surface area contributed by atoms with Crippen LogP contribution < -0.4 is 11.9 Å². The topological polar surface area (TPSA) is 267 Å². The van der Waals surface area contributed by atoms with Crippen LogP contribution >= 0.6 is 7.82 Å². The Bertz CT molecular complexity index is 1240. The van der Waals surface area contributed by atoms with E-state index in [2.05, 4.69) is 71.9 Å². The highest BCUT2D eigenvalue weighted by Crippen LogP contribution is 2.26. The number of Topliss-reactive ketones (excluding diaryl/α,β-unsaturated/α-hetero) is 3. The van der Waals surface area contributed by atoms with Gasteiger partial charge in [-0.15, -0.1) is 0 Å². The van der Waals surface area contributed by atoms with E-state index < -0.39 is 23.8 Å². The molecule has 0 heterocycles. The van der Waals surface area contributed by atoms with E-state index in [1.807, 2.05) is 0 Å². The third kappa shape index (κ3) is 40.2. The van der Waals surface area contributed by atoms with Crippen LogP contribution in [0.5, 0.6) is 0 Å². The van der Waals surface area contributed by atoms with Crippen molar-refractivity contribution in [3.8, 4) is 0 Å². The first-order valence-electron chi connectivity index (χ1n) is 22.4. The molecule has 0 spiro atoms. The van der Waals surface area contributed by atoms with Gasteiger partial charge in [0.25, 0.3) is 0 Å². The second-order valence-corrected chi connectivity index (χ2v) is 17.4. The largest absolute Gasteiger partial charge is 0.726 e. The number of hydrogen-bond donors (Lipinski definition) is 6. The highest BCUT2D eigenvalue weighted by molar-refractivity contribution is 7.79. The Hall–Kier alpha value is -1.91. The third-order valence-corrected chi connectivity index (χ3v) is 10.7. The lowest BCUT2D eigenvalue weighted by molar-refractivity contribution is -0.936. The first-order valence-corrected chi connectivity index (χ1v) is 25.4. The Morgan fingerprint density at radius 3 is 1.05 bits per heavy atom. The van der Waals surface area contributed by atoms with Crippen LogP contribution in [0.1, 0.15) is 201 Å². The number of hydrogen-bond acceptors (Lipinski definition) is 9. The van der Waals surface area contributed by atoms with Gasteiger partial charge in [0.2, 0.25) is 10.4 Å². The van der Waals surface area contributed by atoms with Crippen LogP contribution in [0.2, 0.25) is 0 Å². The number of nitrogens with two attached hydrogens (primary N) is 1. The van der Waals surface area contributed by atoms with Crippen molar-refractivity contribution in [3.05, 3.63) is 35.9 Å². The fourth-order valence-electron chi connectivity index (χ4n) is 6.76. The predicted octanol–water partition coefficient (Wildman–Crippen LogP) is 10.1. The summed E-state index contributed by atoms with van der Waals surface area (Å²) in [6.07, 6.45) is 23.8. The molecule has 1 aromatic carbocycles. The zero-order valence-electron chi connectivity index (χ0n) is 38.4. The molecule has 0 atom stereocenters. The van der Waals surface area contributed by atoms with Gasteiger partial charge in [-0.05, 0) is 40.0 Å². The summed E-state index contributed by atoms with van der Waals surface area (Å²) in [6.45, 7) is 18.3. The standard InChI is InChI=1S/C31H59NO3.C13H22N.H3N.H3O4P.H2O4S/c1-4-7-10-13-16-19-22-25-28(33)31(32,29(34)26-23-20-17-14-11-8-5-2)30(35)27-24-21-18-15-12-9-6-3;1-4-14(5-2,6-3)12-13-10-8-7-9-11-13;;2*1-5(2,3)4/h4-27,32H2,1-3H3;7-11H,4-6,12H2,1-3H3;1H3;(H3,1,2,3,4);(H2,1,2,3,4)/q;+1;;;/p-1. The first-order chi connectivity index (χ1) is 27.7. The molecule has 9 N–H and O–H groups in total. The number of unbranched alkanes of at least 4 members (excludes halogenated alkanes) is 18. The van der Waals surface area contributed by atoms with Gasteiger partial charge in [-0.1, -0.05) is 167 Å². The Balaban J connectivity index is -0.000000507. The fourth-order valence-corrected chi connectivity index (χ4v) is 6.76. The van der Waals surface area contributed by atoms with Crippen molar-refractivity contribution in [3.63, 3.8) is 0 Å². The molecule has 0 radical (unpaired) electrons. The second-order valence-electron chi connectivity index (χ2n) is 15.6. The van der Waals surface area contributed by atoms with Crippen LogP contribution in [0.15, 0.2) is 30.3 Å². The van der Waals surface area contributed by atoms with Gasteiger partial charge in [0.1, 0.15) is 6.54 Å². The lowest BCUT2D eigenvalue weighted by Gasteiger charge is -2.35. The van der Waals surface area contributed by atoms with Gasteiger partial charge >= 0.3 is 7.82 Å². The molecule has 356 valence electrons. The number of rotatable bonds is 32. The van der Waals surface area contributed by atoms with Gasteiger partial charge in [0, 0.05) is 24.8 Å². The highest BCUT2D eigenvalue weighted by atomic mass is 32.3. The van der Waals surface area contributed by atoms with Crippen LogP contribution in [0.4, 0.5) is 0 Å². The first kappa shape index (κ1) is 64.7. The molecule has 0 amide bonds. The van der Waals surface area contributed by atoms with Crippen molar-refractivity contribution in [2.45, 2.75) is 208 Å². The highest BCUT2D eigenvalue weighted by Gasteiger charge is 2.46. The molecular weight excluding hydrogens is 810 g/mol. The predicted molar refractivity (Wildman–Crippen MR) is 243 cm³/mol. The van der Waals surface area contributed by atoms with Crippen molar-refractivity contribution >= 4 is 35.6 Å². The van der Waals surface area contributed by atoms with Crippen LogP contribution in [0, 0.1) is 0 Å². The normalized spacial score (nSPS) is 11.5. The summed E-state index contributed by atoms with van der Waals surface area (Å²) in [5.74, 6) is -1.02. The van der Waals surface area contributed by atoms with E-state index in [-0.39, 0.29) is 42.8 Å². The summed E-state index contributed by atoms with van der Waals surface area (Å²) >= 11 is 0. The zero-order chi connectivity index (χ0) is 45.6. The summed E-state index contributed by atoms with van der Waals surface area (Å²) in [7, 11) is -9.56. The summed E-state index contributed by atoms with van der Waals surface area (Å²) in [5, 5.41) is 0.